The summed E-state index contributed by atoms with van der Waals surface area (Å²) in [5.74, 6) is 2.08. The Bertz CT molecular complexity index is 841. The molecule has 3 aromatic rings. The number of nitrogens with zero attached hydrogens (tertiary/aromatic N) is 4. The monoisotopic (exact) mass is 299 g/mol. The molecule has 114 valence electrons. The van der Waals surface area contributed by atoms with Crippen molar-refractivity contribution in [3.63, 3.8) is 0 Å². The molecule has 0 amide bonds. The zero-order chi connectivity index (χ0) is 15.1. The van der Waals surface area contributed by atoms with Crippen LogP contribution in [-0.2, 0) is 0 Å². The fraction of sp³-hybridized carbons (Fsp3) is 0.400. The number of fused-ring (bicyclic) bond motifs is 3. The average Bonchev–Trinajstić information content (AvgIpc) is 2.99. The molecule has 1 aliphatic rings. The van der Waals surface area contributed by atoms with Crippen LogP contribution < -0.4 is 14.8 Å². The van der Waals surface area contributed by atoms with E-state index in [-0.39, 0.29) is 0 Å². The van der Waals surface area contributed by atoms with Crippen LogP contribution in [0.5, 0.6) is 11.5 Å². The van der Waals surface area contributed by atoms with Gasteiger partial charge < -0.3 is 14.8 Å². The van der Waals surface area contributed by atoms with Gasteiger partial charge in [0.15, 0.2) is 17.1 Å². The second kappa shape index (κ2) is 5.01. The molecule has 2 aromatic heterocycles. The molecule has 1 saturated carbocycles. The number of hydrogen-bond donors (Lipinski definition) is 1. The van der Waals surface area contributed by atoms with Gasteiger partial charge in [-0.25, -0.2) is 4.98 Å². The molecular weight excluding hydrogens is 282 g/mol. The van der Waals surface area contributed by atoms with Crippen LogP contribution in [0, 0.1) is 0 Å². The van der Waals surface area contributed by atoms with Crippen molar-refractivity contribution in [2.45, 2.75) is 25.3 Å². The van der Waals surface area contributed by atoms with Crippen molar-refractivity contribution < 1.29 is 9.47 Å². The van der Waals surface area contributed by atoms with Gasteiger partial charge in [0.25, 0.3) is 0 Å². The van der Waals surface area contributed by atoms with E-state index in [0.29, 0.717) is 17.5 Å². The Balaban J connectivity index is 1.94. The molecule has 4 rings (SSSR count). The van der Waals surface area contributed by atoms with Crippen molar-refractivity contribution in [3.8, 4) is 11.5 Å². The minimum Gasteiger partial charge on any atom is -0.493 e. The van der Waals surface area contributed by atoms with Crippen LogP contribution in [0.2, 0.25) is 0 Å². The van der Waals surface area contributed by atoms with Crippen LogP contribution >= 0.6 is 0 Å². The Morgan fingerprint density at radius 3 is 2.64 bits per heavy atom. The Labute approximate surface area is 127 Å². The first-order valence-electron chi connectivity index (χ1n) is 7.32. The maximum atomic E-state index is 5.37. The molecule has 7 heteroatoms. The maximum absolute atomic E-state index is 5.37. The molecule has 0 bridgehead atoms. The molecule has 2 heterocycles. The summed E-state index contributed by atoms with van der Waals surface area (Å²) in [7, 11) is 3.23. The predicted molar refractivity (Wildman–Crippen MR) is 82.7 cm³/mol. The van der Waals surface area contributed by atoms with E-state index < -0.39 is 0 Å². The number of benzene rings is 1. The molecule has 1 aliphatic carbocycles. The first-order chi connectivity index (χ1) is 10.8. The summed E-state index contributed by atoms with van der Waals surface area (Å²) in [5, 5.41) is 12.6. The molecule has 7 nitrogen and oxygen atoms in total. The van der Waals surface area contributed by atoms with Crippen molar-refractivity contribution >= 4 is 22.5 Å². The third-order valence-corrected chi connectivity index (χ3v) is 4.18. The SMILES string of the molecule is COc1cc2nc(NC3CCC3)n3cnnc3c2cc1OC. The standard InChI is InChI=1S/C15H17N5O2/c1-21-12-6-10-11(7-13(12)22-2)18-15(17-9-4-3-5-9)20-8-16-19-14(10)20/h6-9H,3-5H2,1-2H3,(H,17,18). The normalized spacial score (nSPS) is 15.0. The van der Waals surface area contributed by atoms with Crippen molar-refractivity contribution in [2.75, 3.05) is 19.5 Å². The molecule has 0 spiro atoms. The highest BCUT2D eigenvalue weighted by atomic mass is 16.5. The summed E-state index contributed by atoms with van der Waals surface area (Å²) >= 11 is 0. The lowest BCUT2D eigenvalue weighted by molar-refractivity contribution is 0.356. The molecule has 0 aliphatic heterocycles. The summed E-state index contributed by atoms with van der Waals surface area (Å²) < 4.78 is 12.6. The van der Waals surface area contributed by atoms with E-state index in [0.717, 1.165) is 22.5 Å². The zero-order valence-corrected chi connectivity index (χ0v) is 12.5. The lowest BCUT2D eigenvalue weighted by atomic mass is 9.93. The Kier molecular flexibility index (Phi) is 2.99. The van der Waals surface area contributed by atoms with Gasteiger partial charge >= 0.3 is 0 Å². The van der Waals surface area contributed by atoms with E-state index in [2.05, 4.69) is 15.5 Å². The number of ether oxygens (including phenoxy) is 2. The molecule has 22 heavy (non-hydrogen) atoms. The summed E-state index contributed by atoms with van der Waals surface area (Å²) in [5.41, 5.74) is 1.56. The molecule has 0 radical (unpaired) electrons. The highest BCUT2D eigenvalue weighted by Gasteiger charge is 2.20. The van der Waals surface area contributed by atoms with Gasteiger partial charge in [-0.2, -0.15) is 0 Å². The largest absolute Gasteiger partial charge is 0.493 e. The van der Waals surface area contributed by atoms with Crippen molar-refractivity contribution in [1.29, 1.82) is 0 Å². The number of nitrogens with one attached hydrogen (secondary N) is 1. The van der Waals surface area contributed by atoms with Gasteiger partial charge in [0.2, 0.25) is 5.95 Å². The van der Waals surface area contributed by atoms with E-state index >= 15 is 0 Å². The number of anilines is 1. The Morgan fingerprint density at radius 2 is 1.95 bits per heavy atom. The molecule has 0 atom stereocenters. The van der Waals surface area contributed by atoms with Crippen LogP contribution in [0.15, 0.2) is 18.5 Å². The summed E-state index contributed by atoms with van der Waals surface area (Å²) in [6.45, 7) is 0. The number of hydrogen-bond acceptors (Lipinski definition) is 6. The highest BCUT2D eigenvalue weighted by molar-refractivity contribution is 5.94. The van der Waals surface area contributed by atoms with Gasteiger partial charge in [-0.15, -0.1) is 10.2 Å². The summed E-state index contributed by atoms with van der Waals surface area (Å²) in [6.07, 6.45) is 5.30. The Morgan fingerprint density at radius 1 is 1.18 bits per heavy atom. The van der Waals surface area contributed by atoms with E-state index in [1.807, 2.05) is 16.5 Å². The van der Waals surface area contributed by atoms with Crippen molar-refractivity contribution in [1.82, 2.24) is 19.6 Å². The van der Waals surface area contributed by atoms with Crippen molar-refractivity contribution in [2.24, 2.45) is 0 Å². The van der Waals surface area contributed by atoms with Gasteiger partial charge in [-0.05, 0) is 25.3 Å². The third-order valence-electron chi connectivity index (χ3n) is 4.18. The van der Waals surface area contributed by atoms with Crippen LogP contribution in [0.1, 0.15) is 19.3 Å². The Hall–Kier alpha value is -2.57. The van der Waals surface area contributed by atoms with Gasteiger partial charge in [-0.1, -0.05) is 0 Å². The topological polar surface area (TPSA) is 73.6 Å². The lowest BCUT2D eigenvalue weighted by Crippen LogP contribution is -2.28. The number of methoxy groups -OCH3 is 2. The smallest absolute Gasteiger partial charge is 0.210 e. The fourth-order valence-electron chi connectivity index (χ4n) is 2.72. The maximum Gasteiger partial charge on any atom is 0.210 e. The molecular formula is C15H17N5O2. The average molecular weight is 299 g/mol. The second-order valence-electron chi connectivity index (χ2n) is 5.46. The molecule has 1 aromatic carbocycles. The fourth-order valence-corrected chi connectivity index (χ4v) is 2.72. The van der Waals surface area contributed by atoms with E-state index in [1.54, 1.807) is 20.5 Å². The lowest BCUT2D eigenvalue weighted by Gasteiger charge is -2.27. The summed E-state index contributed by atoms with van der Waals surface area (Å²) in [4.78, 5) is 4.72. The third kappa shape index (κ3) is 1.93. The molecule has 1 fully saturated rings. The minimum absolute atomic E-state index is 0.482. The first-order valence-corrected chi connectivity index (χ1v) is 7.32. The molecule has 0 saturated heterocycles. The van der Waals surface area contributed by atoms with Gasteiger partial charge in [0.05, 0.1) is 19.7 Å². The molecule has 0 unspecified atom stereocenters. The van der Waals surface area contributed by atoms with E-state index in [4.69, 9.17) is 14.5 Å². The van der Waals surface area contributed by atoms with E-state index in [1.165, 1.54) is 19.3 Å². The van der Waals surface area contributed by atoms with E-state index in [9.17, 15) is 0 Å². The van der Waals surface area contributed by atoms with Gasteiger partial charge in [0, 0.05) is 17.5 Å². The minimum atomic E-state index is 0.482. The van der Waals surface area contributed by atoms with Gasteiger partial charge in [0.1, 0.15) is 6.33 Å². The second-order valence-corrected chi connectivity index (χ2v) is 5.46. The number of aromatic nitrogens is 4. The van der Waals surface area contributed by atoms with Crippen LogP contribution in [0.4, 0.5) is 5.95 Å². The quantitative estimate of drug-likeness (QED) is 0.796. The van der Waals surface area contributed by atoms with Gasteiger partial charge in [-0.3, -0.25) is 4.40 Å². The highest BCUT2D eigenvalue weighted by Crippen LogP contribution is 2.34. The van der Waals surface area contributed by atoms with Crippen LogP contribution in [0.3, 0.4) is 0 Å². The van der Waals surface area contributed by atoms with Crippen LogP contribution in [-0.4, -0.2) is 39.8 Å². The molecule has 1 N–H and O–H groups in total. The van der Waals surface area contributed by atoms with Crippen LogP contribution in [0.25, 0.3) is 16.6 Å². The number of rotatable bonds is 4. The predicted octanol–water partition coefficient (Wildman–Crippen LogP) is 2.26. The van der Waals surface area contributed by atoms with Crippen molar-refractivity contribution in [3.05, 3.63) is 18.5 Å². The first kappa shape index (κ1) is 13.1. The summed E-state index contributed by atoms with van der Waals surface area (Å²) in [6, 6.07) is 4.24. The zero-order valence-electron chi connectivity index (χ0n) is 12.5.